The average Bonchev–Trinajstić information content (AvgIpc) is 3.02. The van der Waals surface area contributed by atoms with E-state index in [1.807, 2.05) is 34.0 Å². The van der Waals surface area contributed by atoms with Gasteiger partial charge in [-0.25, -0.2) is 0 Å². The monoisotopic (exact) mass is 370 g/mol. The van der Waals surface area contributed by atoms with Gasteiger partial charge in [-0.1, -0.05) is 0 Å². The average molecular weight is 371 g/mol. The summed E-state index contributed by atoms with van der Waals surface area (Å²) < 4.78 is 4.76. The first-order valence-corrected chi connectivity index (χ1v) is 11.5. The van der Waals surface area contributed by atoms with Crippen molar-refractivity contribution in [2.75, 3.05) is 0 Å². The van der Waals surface area contributed by atoms with Crippen LogP contribution in [0.5, 0.6) is 0 Å². The van der Waals surface area contributed by atoms with Crippen molar-refractivity contribution in [1.29, 1.82) is 0 Å². The van der Waals surface area contributed by atoms with Gasteiger partial charge in [0.25, 0.3) is 0 Å². The van der Waals surface area contributed by atoms with E-state index in [1.165, 1.54) is 0 Å². The molecule has 3 heterocycles. The van der Waals surface area contributed by atoms with Crippen molar-refractivity contribution in [2.45, 2.75) is 0 Å². The quantitative estimate of drug-likeness (QED) is 0.621. The molecule has 0 spiro atoms. The number of thiophene rings is 3. The maximum atomic E-state index is 2.33. The normalized spacial score (nSPS) is 11.1. The van der Waals surface area contributed by atoms with Crippen molar-refractivity contribution in [1.82, 2.24) is 0 Å². The van der Waals surface area contributed by atoms with E-state index in [2.05, 4.69) is 50.5 Å². The van der Waals surface area contributed by atoms with Crippen LogP contribution < -0.4 is 10.5 Å². The first-order valence-electron chi connectivity index (χ1n) is 4.82. The van der Waals surface area contributed by atoms with Crippen LogP contribution in [0.15, 0.2) is 50.5 Å². The van der Waals surface area contributed by atoms with Crippen molar-refractivity contribution in [2.24, 2.45) is 0 Å². The first-order chi connectivity index (χ1) is 7.95. The van der Waals surface area contributed by atoms with Gasteiger partial charge in [0.1, 0.15) is 0 Å². The maximum absolute atomic E-state index is 2.33. The molecule has 0 atom stereocenters. The Hall–Kier alpha value is -0.0818. The zero-order valence-electron chi connectivity index (χ0n) is 8.37. The van der Waals surface area contributed by atoms with Crippen LogP contribution >= 0.6 is 34.0 Å². The van der Waals surface area contributed by atoms with Crippen molar-refractivity contribution >= 4 is 64.8 Å². The third kappa shape index (κ3) is 2.14. The van der Waals surface area contributed by atoms with Crippen LogP contribution in [-0.4, -0.2) is 20.2 Å². The van der Waals surface area contributed by atoms with Crippen LogP contribution in [0.3, 0.4) is 0 Å². The summed E-state index contributed by atoms with van der Waals surface area (Å²) >= 11 is 3.82. The molecule has 0 aliphatic carbocycles. The van der Waals surface area contributed by atoms with Gasteiger partial charge in [-0.3, -0.25) is 0 Å². The molecule has 3 rings (SSSR count). The fourth-order valence-electron chi connectivity index (χ4n) is 1.60. The van der Waals surface area contributed by atoms with Crippen LogP contribution in [0.25, 0.3) is 0 Å². The molecule has 0 unspecified atom stereocenters. The Kier molecular flexibility index (Phi) is 3.48. The first kappa shape index (κ1) is 11.0. The molecule has 4 heteroatoms. The molecule has 0 saturated heterocycles. The van der Waals surface area contributed by atoms with Crippen molar-refractivity contribution in [3.8, 4) is 0 Å². The molecule has 3 aromatic heterocycles. The summed E-state index contributed by atoms with van der Waals surface area (Å²) in [5.74, 6) is 0. The Morgan fingerprint density at radius 1 is 0.625 bits per heavy atom. The summed E-state index contributed by atoms with van der Waals surface area (Å²) in [5.41, 5.74) is 0. The molecule has 16 heavy (non-hydrogen) atoms. The molecule has 0 aromatic carbocycles. The number of hydrogen-bond acceptors (Lipinski definition) is 3. The van der Waals surface area contributed by atoms with Gasteiger partial charge in [0.05, 0.1) is 0 Å². The van der Waals surface area contributed by atoms with Crippen LogP contribution in [0.4, 0.5) is 0 Å². The van der Waals surface area contributed by atoms with Crippen LogP contribution in [-0.2, 0) is 0 Å². The van der Waals surface area contributed by atoms with E-state index in [0.717, 1.165) is 0 Å². The second-order valence-electron chi connectivity index (χ2n) is 3.28. The molecule has 0 N–H and O–H groups in total. The predicted octanol–water partition coefficient (Wildman–Crippen LogP) is 2.39. The fourth-order valence-corrected chi connectivity index (χ4v) is 13.1. The Balaban J connectivity index is 2.09. The van der Waals surface area contributed by atoms with Gasteiger partial charge in [-0.05, 0) is 0 Å². The number of hydrogen-bond donors (Lipinski definition) is 0. The molecule has 0 aliphatic heterocycles. The molecule has 80 valence electrons. The summed E-state index contributed by atoms with van der Waals surface area (Å²) in [6.45, 7) is 0. The molecule has 0 saturated carbocycles. The topological polar surface area (TPSA) is 0 Å². The van der Waals surface area contributed by atoms with Gasteiger partial charge in [0.2, 0.25) is 0 Å². The van der Waals surface area contributed by atoms with Crippen LogP contribution in [0, 0.1) is 0 Å². The number of rotatable bonds is 3. The van der Waals surface area contributed by atoms with Gasteiger partial charge < -0.3 is 0 Å². The van der Waals surface area contributed by atoms with Crippen LogP contribution in [0.2, 0.25) is 0 Å². The Bertz CT molecular complexity index is 441. The molecule has 0 bridgehead atoms. The van der Waals surface area contributed by atoms with E-state index in [-0.39, 0.29) is 0 Å². The third-order valence-corrected chi connectivity index (χ3v) is 12.7. The Morgan fingerprint density at radius 3 is 1.25 bits per heavy atom. The molecule has 0 aliphatic rings. The zero-order valence-corrected chi connectivity index (χ0v) is 13.4. The van der Waals surface area contributed by atoms with Crippen molar-refractivity contribution < 1.29 is 0 Å². The van der Waals surface area contributed by atoms with Crippen molar-refractivity contribution in [3.05, 3.63) is 50.5 Å². The van der Waals surface area contributed by atoms with Gasteiger partial charge in [-0.15, -0.1) is 0 Å². The van der Waals surface area contributed by atoms with Gasteiger partial charge >= 0.3 is 115 Å². The third-order valence-electron chi connectivity index (χ3n) is 2.29. The summed E-state index contributed by atoms with van der Waals surface area (Å²) in [7, 11) is 0. The molecule has 0 fully saturated rings. The molecule has 0 radical (unpaired) electrons. The molecular formula is C12H9S3Sb. The van der Waals surface area contributed by atoms with E-state index in [0.29, 0.717) is 0 Å². The SMILES string of the molecule is c1c[c]([Sb]([c]2ccsc2)[c]2ccsc2)cs1. The zero-order chi connectivity index (χ0) is 10.8. The van der Waals surface area contributed by atoms with E-state index in [4.69, 9.17) is 0 Å². The predicted molar refractivity (Wildman–Crippen MR) is 77.6 cm³/mol. The fraction of sp³-hybridized carbons (Fsp3) is 0. The van der Waals surface area contributed by atoms with E-state index < -0.39 is 20.2 Å². The Morgan fingerprint density at radius 2 is 1.00 bits per heavy atom. The molecule has 0 nitrogen and oxygen atoms in total. The van der Waals surface area contributed by atoms with E-state index in [9.17, 15) is 0 Å². The van der Waals surface area contributed by atoms with E-state index >= 15 is 0 Å². The molecule has 3 aromatic rings. The summed E-state index contributed by atoms with van der Waals surface area (Å²) in [5, 5.41) is 13.6. The Labute approximate surface area is 114 Å². The van der Waals surface area contributed by atoms with Crippen molar-refractivity contribution in [3.63, 3.8) is 0 Å². The second kappa shape index (κ2) is 5.05. The molecular weight excluding hydrogens is 362 g/mol. The van der Waals surface area contributed by atoms with Crippen LogP contribution in [0.1, 0.15) is 0 Å². The van der Waals surface area contributed by atoms with E-state index in [1.54, 1.807) is 10.5 Å². The second-order valence-corrected chi connectivity index (χ2v) is 12.0. The summed E-state index contributed by atoms with van der Waals surface area (Å²) in [4.78, 5) is 0. The summed E-state index contributed by atoms with van der Waals surface area (Å²) in [6, 6.07) is 6.93. The standard InChI is InChI=1S/3C4H3S.Sb/c3*1-2-4-5-3-1;/h3*1,3-4H;. The van der Waals surface area contributed by atoms with Gasteiger partial charge in [-0.2, -0.15) is 0 Å². The molecule has 0 amide bonds. The minimum absolute atomic E-state index is 1.59. The summed E-state index contributed by atoms with van der Waals surface area (Å²) in [6.07, 6.45) is 0. The van der Waals surface area contributed by atoms with Gasteiger partial charge in [0.15, 0.2) is 0 Å². The van der Waals surface area contributed by atoms with Gasteiger partial charge in [0, 0.05) is 0 Å². The minimum atomic E-state index is -1.63.